The monoisotopic (exact) mass is 266 g/mol. The number of aromatic nitrogens is 1. The van der Waals surface area contributed by atoms with Gasteiger partial charge in [-0.1, -0.05) is 12.1 Å². The molecular weight excluding hydrogens is 248 g/mol. The Balaban J connectivity index is 2.10. The molecule has 1 amide bonds. The highest BCUT2D eigenvalue weighted by Gasteiger charge is 2.01. The van der Waals surface area contributed by atoms with Gasteiger partial charge in [0.15, 0.2) is 0 Å². The first-order valence-electron chi connectivity index (χ1n) is 6.53. The van der Waals surface area contributed by atoms with Crippen LogP contribution >= 0.6 is 0 Å². The number of nitrogens with one attached hydrogen (secondary N) is 1. The predicted octanol–water partition coefficient (Wildman–Crippen LogP) is 3.66. The standard InChI is InChI=1S/C17H18N2O/c1-12-10-14(3)15(11-13(12)2)4-5-17(20)19-16-6-8-18-9-7-16/h4-11H,1-3H3,(H,18,19,20)/b5-4+. The lowest BCUT2D eigenvalue weighted by Gasteiger charge is -2.06. The second kappa shape index (κ2) is 6.15. The zero-order valence-electron chi connectivity index (χ0n) is 12.0. The van der Waals surface area contributed by atoms with Gasteiger partial charge >= 0.3 is 0 Å². The van der Waals surface area contributed by atoms with Gasteiger partial charge in [-0.25, -0.2) is 0 Å². The molecule has 1 N–H and O–H groups in total. The Morgan fingerprint density at radius 2 is 1.70 bits per heavy atom. The molecule has 0 aliphatic heterocycles. The molecule has 0 atom stereocenters. The average Bonchev–Trinajstić information content (AvgIpc) is 2.42. The van der Waals surface area contributed by atoms with E-state index in [4.69, 9.17) is 0 Å². The number of anilines is 1. The third kappa shape index (κ3) is 3.54. The predicted molar refractivity (Wildman–Crippen MR) is 82.6 cm³/mol. The third-order valence-corrected chi connectivity index (χ3v) is 3.24. The van der Waals surface area contributed by atoms with Gasteiger partial charge in [0.1, 0.15) is 0 Å². The molecule has 0 bridgehead atoms. The van der Waals surface area contributed by atoms with E-state index < -0.39 is 0 Å². The first kappa shape index (κ1) is 14.0. The highest BCUT2D eigenvalue weighted by molar-refractivity contribution is 6.01. The molecule has 2 aromatic rings. The summed E-state index contributed by atoms with van der Waals surface area (Å²) >= 11 is 0. The van der Waals surface area contributed by atoms with Gasteiger partial charge < -0.3 is 5.32 Å². The second-order valence-electron chi connectivity index (χ2n) is 4.85. The summed E-state index contributed by atoms with van der Waals surface area (Å²) in [5.41, 5.74) is 5.47. The van der Waals surface area contributed by atoms with Crippen LogP contribution in [0.3, 0.4) is 0 Å². The van der Waals surface area contributed by atoms with Crippen LogP contribution in [-0.2, 0) is 4.79 Å². The van der Waals surface area contributed by atoms with E-state index in [0.717, 1.165) is 11.3 Å². The molecule has 20 heavy (non-hydrogen) atoms. The fourth-order valence-electron chi connectivity index (χ4n) is 1.95. The van der Waals surface area contributed by atoms with Gasteiger partial charge in [-0.3, -0.25) is 9.78 Å². The van der Waals surface area contributed by atoms with Crippen molar-refractivity contribution in [3.8, 4) is 0 Å². The second-order valence-corrected chi connectivity index (χ2v) is 4.85. The van der Waals surface area contributed by atoms with Gasteiger partial charge in [0.25, 0.3) is 0 Å². The minimum absolute atomic E-state index is 0.145. The van der Waals surface area contributed by atoms with Crippen LogP contribution in [0.15, 0.2) is 42.7 Å². The molecule has 3 nitrogen and oxygen atoms in total. The summed E-state index contributed by atoms with van der Waals surface area (Å²) in [7, 11) is 0. The fraction of sp³-hybridized carbons (Fsp3) is 0.176. The highest BCUT2D eigenvalue weighted by atomic mass is 16.1. The van der Waals surface area contributed by atoms with Crippen LogP contribution in [0, 0.1) is 20.8 Å². The molecule has 1 aromatic carbocycles. The first-order chi connectivity index (χ1) is 9.56. The van der Waals surface area contributed by atoms with Gasteiger partial charge in [-0.05, 0) is 61.2 Å². The molecule has 1 aromatic heterocycles. The van der Waals surface area contributed by atoms with Crippen LogP contribution in [0.25, 0.3) is 6.08 Å². The molecule has 0 radical (unpaired) electrons. The van der Waals surface area contributed by atoms with Gasteiger partial charge in [-0.2, -0.15) is 0 Å². The van der Waals surface area contributed by atoms with E-state index in [2.05, 4.69) is 36.3 Å². The Hall–Kier alpha value is -2.42. The minimum Gasteiger partial charge on any atom is -0.322 e. The summed E-state index contributed by atoms with van der Waals surface area (Å²) in [4.78, 5) is 15.7. The van der Waals surface area contributed by atoms with E-state index >= 15 is 0 Å². The van der Waals surface area contributed by atoms with E-state index in [1.54, 1.807) is 30.6 Å². The third-order valence-electron chi connectivity index (χ3n) is 3.24. The number of rotatable bonds is 3. The summed E-state index contributed by atoms with van der Waals surface area (Å²) < 4.78 is 0. The number of amides is 1. The van der Waals surface area contributed by atoms with Crippen molar-refractivity contribution in [3.63, 3.8) is 0 Å². The van der Waals surface area contributed by atoms with Crippen molar-refractivity contribution in [1.82, 2.24) is 4.98 Å². The number of aryl methyl sites for hydroxylation is 3. The molecule has 0 saturated carbocycles. The molecular formula is C17H18N2O. The van der Waals surface area contributed by atoms with Crippen LogP contribution in [0.5, 0.6) is 0 Å². The van der Waals surface area contributed by atoms with Crippen molar-refractivity contribution in [3.05, 3.63) is 65.0 Å². The smallest absolute Gasteiger partial charge is 0.248 e. The Kier molecular flexibility index (Phi) is 4.31. The summed E-state index contributed by atoms with van der Waals surface area (Å²) in [5.74, 6) is -0.145. The van der Waals surface area contributed by atoms with E-state index in [1.807, 2.05) is 13.0 Å². The van der Waals surface area contributed by atoms with Gasteiger partial charge in [0.2, 0.25) is 5.91 Å². The van der Waals surface area contributed by atoms with E-state index in [-0.39, 0.29) is 5.91 Å². The van der Waals surface area contributed by atoms with Crippen molar-refractivity contribution in [2.75, 3.05) is 5.32 Å². The lowest BCUT2D eigenvalue weighted by molar-refractivity contribution is -0.111. The van der Waals surface area contributed by atoms with E-state index in [9.17, 15) is 4.79 Å². The van der Waals surface area contributed by atoms with Crippen LogP contribution in [0.2, 0.25) is 0 Å². The normalized spacial score (nSPS) is 10.8. The molecule has 2 rings (SSSR count). The Morgan fingerprint density at radius 1 is 1.05 bits per heavy atom. The van der Waals surface area contributed by atoms with Crippen LogP contribution in [0.1, 0.15) is 22.3 Å². The molecule has 3 heteroatoms. The highest BCUT2D eigenvalue weighted by Crippen LogP contribution is 2.16. The maximum atomic E-state index is 11.8. The van der Waals surface area contributed by atoms with Crippen LogP contribution in [0.4, 0.5) is 5.69 Å². The van der Waals surface area contributed by atoms with Crippen LogP contribution in [-0.4, -0.2) is 10.9 Å². The molecule has 0 saturated heterocycles. The van der Waals surface area contributed by atoms with Gasteiger partial charge in [0.05, 0.1) is 0 Å². The number of carbonyl (C=O) groups is 1. The molecule has 0 aliphatic carbocycles. The number of hydrogen-bond acceptors (Lipinski definition) is 2. The lowest BCUT2D eigenvalue weighted by Crippen LogP contribution is -2.07. The van der Waals surface area contributed by atoms with Crippen molar-refractivity contribution >= 4 is 17.7 Å². The number of pyridine rings is 1. The molecule has 0 spiro atoms. The maximum Gasteiger partial charge on any atom is 0.248 e. The van der Waals surface area contributed by atoms with Crippen molar-refractivity contribution in [1.29, 1.82) is 0 Å². The van der Waals surface area contributed by atoms with E-state index in [0.29, 0.717) is 0 Å². The molecule has 102 valence electrons. The quantitative estimate of drug-likeness (QED) is 0.861. The summed E-state index contributed by atoms with van der Waals surface area (Å²) in [5, 5.41) is 2.79. The largest absolute Gasteiger partial charge is 0.322 e. The van der Waals surface area contributed by atoms with Gasteiger partial charge in [0, 0.05) is 24.2 Å². The first-order valence-corrected chi connectivity index (χ1v) is 6.53. The zero-order valence-corrected chi connectivity index (χ0v) is 12.0. The maximum absolute atomic E-state index is 11.8. The van der Waals surface area contributed by atoms with Crippen molar-refractivity contribution in [2.24, 2.45) is 0 Å². The number of benzene rings is 1. The average molecular weight is 266 g/mol. The number of hydrogen-bond donors (Lipinski definition) is 1. The van der Waals surface area contributed by atoms with Crippen LogP contribution < -0.4 is 5.32 Å². The Morgan fingerprint density at radius 3 is 2.40 bits per heavy atom. The number of nitrogens with zero attached hydrogens (tertiary/aromatic N) is 1. The zero-order chi connectivity index (χ0) is 14.5. The summed E-state index contributed by atoms with van der Waals surface area (Å²) in [6, 6.07) is 7.75. The van der Waals surface area contributed by atoms with Crippen molar-refractivity contribution in [2.45, 2.75) is 20.8 Å². The molecule has 0 unspecified atom stereocenters. The van der Waals surface area contributed by atoms with Gasteiger partial charge in [-0.15, -0.1) is 0 Å². The Bertz CT molecular complexity index is 646. The fourth-order valence-corrected chi connectivity index (χ4v) is 1.95. The summed E-state index contributed by atoms with van der Waals surface area (Å²) in [6.45, 7) is 6.21. The lowest BCUT2D eigenvalue weighted by atomic mass is 10.0. The Labute approximate surface area is 119 Å². The summed E-state index contributed by atoms with van der Waals surface area (Å²) in [6.07, 6.45) is 6.69. The number of carbonyl (C=O) groups excluding carboxylic acids is 1. The SMILES string of the molecule is Cc1cc(C)c(/C=C/C(=O)Nc2ccncc2)cc1C. The topological polar surface area (TPSA) is 42.0 Å². The molecule has 0 fully saturated rings. The molecule has 1 heterocycles. The molecule has 0 aliphatic rings. The van der Waals surface area contributed by atoms with Crippen molar-refractivity contribution < 1.29 is 4.79 Å². The van der Waals surface area contributed by atoms with E-state index in [1.165, 1.54) is 16.7 Å². The minimum atomic E-state index is -0.145.